The van der Waals surface area contributed by atoms with E-state index in [-0.39, 0.29) is 5.91 Å². The van der Waals surface area contributed by atoms with Crippen molar-refractivity contribution >= 4 is 29.0 Å². The van der Waals surface area contributed by atoms with E-state index in [1.807, 2.05) is 52.0 Å². The van der Waals surface area contributed by atoms with Crippen molar-refractivity contribution in [1.29, 1.82) is 0 Å². The Kier molecular flexibility index (Phi) is 4.64. The van der Waals surface area contributed by atoms with E-state index in [4.69, 9.17) is 0 Å². The molecule has 0 aliphatic carbocycles. The smallest absolute Gasteiger partial charge is 0.300 e. The van der Waals surface area contributed by atoms with Crippen LogP contribution in [0.5, 0.6) is 0 Å². The van der Waals surface area contributed by atoms with Crippen LogP contribution in [0.3, 0.4) is 0 Å². The molecule has 26 heavy (non-hydrogen) atoms. The van der Waals surface area contributed by atoms with E-state index in [0.717, 1.165) is 16.7 Å². The number of nitrogens with one attached hydrogen (secondary N) is 1. The molecule has 0 fully saturated rings. The largest absolute Gasteiger partial charge is 0.324 e. The first-order valence-corrected chi connectivity index (χ1v) is 8.69. The molecular weight excluding hydrogens is 328 g/mol. The molecule has 1 aliphatic rings. The Bertz CT molecular complexity index is 897. The summed E-state index contributed by atoms with van der Waals surface area (Å²) in [5.41, 5.74) is 4.55. The van der Waals surface area contributed by atoms with Crippen LogP contribution < -0.4 is 10.2 Å². The Labute approximate surface area is 153 Å². The topological polar surface area (TPSA) is 66.5 Å². The van der Waals surface area contributed by atoms with Crippen LogP contribution in [-0.4, -0.2) is 23.6 Å². The number of nitrogens with zero attached hydrogens (tertiary/aromatic N) is 1. The van der Waals surface area contributed by atoms with Crippen LogP contribution in [0.2, 0.25) is 0 Å². The van der Waals surface area contributed by atoms with Crippen LogP contribution in [0, 0.1) is 20.8 Å². The van der Waals surface area contributed by atoms with Gasteiger partial charge in [0.25, 0.3) is 11.7 Å². The molecule has 0 saturated heterocycles. The molecule has 2 aromatic carbocycles. The molecule has 0 aromatic heterocycles. The van der Waals surface area contributed by atoms with E-state index in [9.17, 15) is 14.4 Å². The summed E-state index contributed by atoms with van der Waals surface area (Å²) in [5, 5.41) is 2.88. The number of anilines is 2. The lowest BCUT2D eigenvalue weighted by atomic mass is 10.1. The first kappa shape index (κ1) is 17.9. The van der Waals surface area contributed by atoms with Crippen molar-refractivity contribution in [3.63, 3.8) is 0 Å². The zero-order valence-corrected chi connectivity index (χ0v) is 15.4. The summed E-state index contributed by atoms with van der Waals surface area (Å²) in [5.74, 6) is -1.50. The van der Waals surface area contributed by atoms with Gasteiger partial charge in [-0.3, -0.25) is 19.3 Å². The number of carbonyl (C=O) groups is 3. The zero-order valence-electron chi connectivity index (χ0n) is 15.4. The summed E-state index contributed by atoms with van der Waals surface area (Å²) < 4.78 is 0. The van der Waals surface area contributed by atoms with Gasteiger partial charge in [-0.25, -0.2) is 0 Å². The average molecular weight is 350 g/mol. The van der Waals surface area contributed by atoms with E-state index in [0.29, 0.717) is 23.4 Å². The lowest BCUT2D eigenvalue weighted by Gasteiger charge is -2.26. The van der Waals surface area contributed by atoms with E-state index in [1.54, 1.807) is 12.1 Å². The molecule has 1 N–H and O–H groups in total. The Morgan fingerprint density at radius 3 is 2.27 bits per heavy atom. The quantitative estimate of drug-likeness (QED) is 0.858. The molecule has 1 aliphatic heterocycles. The summed E-state index contributed by atoms with van der Waals surface area (Å²) in [6.45, 7) is 7.61. The first-order valence-electron chi connectivity index (χ1n) is 8.69. The number of carbonyl (C=O) groups excluding carboxylic acids is 3. The number of rotatable bonds is 4. The number of fused-ring (bicyclic) bond motifs is 1. The van der Waals surface area contributed by atoms with E-state index in [2.05, 4.69) is 5.32 Å². The maximum Gasteiger partial charge on any atom is 0.300 e. The first-order chi connectivity index (χ1) is 12.3. The van der Waals surface area contributed by atoms with Gasteiger partial charge in [-0.2, -0.15) is 0 Å². The minimum Gasteiger partial charge on any atom is -0.324 e. The highest BCUT2D eigenvalue weighted by molar-refractivity contribution is 6.53. The molecule has 3 rings (SSSR count). The highest BCUT2D eigenvalue weighted by atomic mass is 16.2. The fourth-order valence-corrected chi connectivity index (χ4v) is 3.44. The van der Waals surface area contributed by atoms with E-state index in [1.165, 1.54) is 4.90 Å². The lowest BCUT2D eigenvalue weighted by Crippen LogP contribution is -2.46. The molecule has 2 amide bonds. The predicted molar refractivity (Wildman–Crippen MR) is 102 cm³/mol. The van der Waals surface area contributed by atoms with Crippen molar-refractivity contribution in [2.24, 2.45) is 0 Å². The molecule has 5 heteroatoms. The summed E-state index contributed by atoms with van der Waals surface area (Å²) in [4.78, 5) is 39.1. The maximum atomic E-state index is 12.9. The number of Topliss-reactive ketones (excluding diaryl/α,β-unsaturated/α-hetero) is 1. The van der Waals surface area contributed by atoms with Gasteiger partial charge in [0.1, 0.15) is 6.04 Å². The van der Waals surface area contributed by atoms with Crippen molar-refractivity contribution in [2.75, 3.05) is 10.2 Å². The van der Waals surface area contributed by atoms with Crippen LogP contribution >= 0.6 is 0 Å². The second-order valence-corrected chi connectivity index (χ2v) is 6.81. The Hall–Kier alpha value is -2.95. The molecule has 1 unspecified atom stereocenters. The van der Waals surface area contributed by atoms with Gasteiger partial charge in [-0.1, -0.05) is 24.6 Å². The van der Waals surface area contributed by atoms with Crippen LogP contribution in [0.4, 0.5) is 11.4 Å². The molecule has 0 bridgehead atoms. The standard InChI is InChI=1S/C21H22N2O3/c1-5-17(20(25)22-15-9-13(3)8-14(4)10-15)23-18-7-6-12(2)11-16(18)19(24)21(23)26/h6-11,17H,5H2,1-4H3,(H,22,25). The molecule has 0 spiro atoms. The normalized spacial score (nSPS) is 14.4. The Balaban J connectivity index is 1.92. The fourth-order valence-electron chi connectivity index (χ4n) is 3.44. The van der Waals surface area contributed by atoms with Gasteiger partial charge >= 0.3 is 0 Å². The lowest BCUT2D eigenvalue weighted by molar-refractivity contribution is -0.121. The van der Waals surface area contributed by atoms with Gasteiger partial charge in [0.15, 0.2) is 0 Å². The number of benzene rings is 2. The fraction of sp³-hybridized carbons (Fsp3) is 0.286. The Morgan fingerprint density at radius 1 is 1.00 bits per heavy atom. The summed E-state index contributed by atoms with van der Waals surface area (Å²) in [7, 11) is 0. The third-order valence-corrected chi connectivity index (χ3v) is 4.56. The van der Waals surface area contributed by atoms with Crippen molar-refractivity contribution < 1.29 is 14.4 Å². The molecule has 2 aromatic rings. The molecule has 5 nitrogen and oxygen atoms in total. The second-order valence-electron chi connectivity index (χ2n) is 6.81. The second kappa shape index (κ2) is 6.75. The predicted octanol–water partition coefficient (Wildman–Crippen LogP) is 3.56. The van der Waals surface area contributed by atoms with Crippen LogP contribution in [-0.2, 0) is 9.59 Å². The van der Waals surface area contributed by atoms with E-state index < -0.39 is 17.7 Å². The number of hydrogen-bond acceptors (Lipinski definition) is 3. The van der Waals surface area contributed by atoms with Crippen LogP contribution in [0.1, 0.15) is 40.4 Å². The van der Waals surface area contributed by atoms with Crippen molar-refractivity contribution in [3.05, 3.63) is 58.7 Å². The number of amides is 2. The number of hydrogen-bond donors (Lipinski definition) is 1. The highest BCUT2D eigenvalue weighted by Gasteiger charge is 2.41. The van der Waals surface area contributed by atoms with Crippen LogP contribution in [0.25, 0.3) is 0 Å². The van der Waals surface area contributed by atoms with Crippen LogP contribution in [0.15, 0.2) is 36.4 Å². The monoisotopic (exact) mass is 350 g/mol. The molecule has 0 saturated carbocycles. The van der Waals surface area contributed by atoms with Gasteiger partial charge in [-0.05, 0) is 62.6 Å². The van der Waals surface area contributed by atoms with Crippen molar-refractivity contribution in [3.8, 4) is 0 Å². The van der Waals surface area contributed by atoms with E-state index >= 15 is 0 Å². The molecule has 1 atom stereocenters. The highest BCUT2D eigenvalue weighted by Crippen LogP contribution is 2.32. The van der Waals surface area contributed by atoms with Gasteiger partial charge in [-0.15, -0.1) is 0 Å². The Morgan fingerprint density at radius 2 is 1.65 bits per heavy atom. The molecule has 1 heterocycles. The average Bonchev–Trinajstić information content (AvgIpc) is 2.79. The third-order valence-electron chi connectivity index (χ3n) is 4.56. The van der Waals surface area contributed by atoms with Gasteiger partial charge in [0, 0.05) is 5.69 Å². The minimum absolute atomic E-state index is 0.299. The minimum atomic E-state index is -0.740. The van der Waals surface area contributed by atoms with Gasteiger partial charge in [0.2, 0.25) is 5.91 Å². The molecule has 0 radical (unpaired) electrons. The summed E-state index contributed by atoms with van der Waals surface area (Å²) in [6.07, 6.45) is 0.406. The zero-order chi connectivity index (χ0) is 19.0. The SMILES string of the molecule is CCC(C(=O)Nc1cc(C)cc(C)c1)N1C(=O)C(=O)c2cc(C)ccc21. The summed E-state index contributed by atoms with van der Waals surface area (Å²) >= 11 is 0. The van der Waals surface area contributed by atoms with Gasteiger partial charge in [0.05, 0.1) is 11.3 Å². The van der Waals surface area contributed by atoms with Gasteiger partial charge < -0.3 is 5.32 Å². The van der Waals surface area contributed by atoms with Crippen molar-refractivity contribution in [2.45, 2.75) is 40.2 Å². The molecular formula is C21H22N2O3. The molecule has 134 valence electrons. The summed E-state index contributed by atoms with van der Waals surface area (Å²) in [6, 6.07) is 10.3. The third kappa shape index (κ3) is 3.12. The van der Waals surface area contributed by atoms with Crippen molar-refractivity contribution in [1.82, 2.24) is 0 Å². The number of ketones is 1. The number of aryl methyl sites for hydroxylation is 3. The maximum absolute atomic E-state index is 12.9.